The zero-order chi connectivity index (χ0) is 16.0. The first-order valence-electron chi connectivity index (χ1n) is 6.09. The monoisotopic (exact) mass is 315 g/mol. The van der Waals surface area contributed by atoms with Crippen LogP contribution < -0.4 is 16.2 Å². The summed E-state index contributed by atoms with van der Waals surface area (Å²) in [6.45, 7) is 0.278. The molecule has 0 fully saturated rings. The van der Waals surface area contributed by atoms with Crippen LogP contribution in [-0.4, -0.2) is 31.4 Å². The van der Waals surface area contributed by atoms with E-state index in [0.717, 1.165) is 5.56 Å². The molecule has 0 aliphatic carbocycles. The lowest BCUT2D eigenvalue weighted by molar-refractivity contribution is -0.138. The van der Waals surface area contributed by atoms with Gasteiger partial charge in [0.15, 0.2) is 0 Å². The van der Waals surface area contributed by atoms with Gasteiger partial charge in [0.05, 0.1) is 4.90 Å². The van der Waals surface area contributed by atoms with Gasteiger partial charge in [-0.25, -0.2) is 13.1 Å². The quantitative estimate of drug-likeness (QED) is 0.511. The Labute approximate surface area is 122 Å². The number of carboxylic acid groups (broad SMARTS) is 1. The molecule has 21 heavy (non-hydrogen) atoms. The summed E-state index contributed by atoms with van der Waals surface area (Å²) >= 11 is 0. The number of rotatable bonds is 7. The zero-order valence-electron chi connectivity index (χ0n) is 11.2. The van der Waals surface area contributed by atoms with Crippen molar-refractivity contribution in [1.29, 1.82) is 0 Å². The normalized spacial score (nSPS) is 12.7. The van der Waals surface area contributed by atoms with Crippen LogP contribution in [0.3, 0.4) is 0 Å². The lowest BCUT2D eigenvalue weighted by atomic mass is 10.2. The second kappa shape index (κ2) is 7.16. The third kappa shape index (κ3) is 5.14. The number of aliphatic carboxylic acids is 1. The van der Waals surface area contributed by atoms with Crippen LogP contribution in [0.2, 0.25) is 0 Å². The number of nitrogens with one attached hydrogen (secondary N) is 1. The summed E-state index contributed by atoms with van der Waals surface area (Å²) in [5, 5.41) is 8.57. The molecule has 0 saturated heterocycles. The van der Waals surface area contributed by atoms with Gasteiger partial charge in [-0.15, -0.1) is 0 Å². The molecule has 1 aromatic rings. The van der Waals surface area contributed by atoms with E-state index in [4.69, 9.17) is 16.6 Å². The van der Waals surface area contributed by atoms with Crippen molar-refractivity contribution in [3.05, 3.63) is 29.8 Å². The van der Waals surface area contributed by atoms with Crippen molar-refractivity contribution in [3.8, 4) is 0 Å². The van der Waals surface area contributed by atoms with E-state index in [0.29, 0.717) is 0 Å². The van der Waals surface area contributed by atoms with Gasteiger partial charge in [-0.2, -0.15) is 0 Å². The average Bonchev–Trinajstić information content (AvgIpc) is 2.44. The van der Waals surface area contributed by atoms with E-state index in [-0.39, 0.29) is 24.3 Å². The third-order valence-corrected chi connectivity index (χ3v) is 4.11. The minimum absolute atomic E-state index is 0.0735. The fourth-order valence-corrected chi connectivity index (χ4v) is 2.49. The van der Waals surface area contributed by atoms with Gasteiger partial charge in [0.1, 0.15) is 6.04 Å². The van der Waals surface area contributed by atoms with Crippen LogP contribution in [-0.2, 0) is 26.2 Å². The van der Waals surface area contributed by atoms with Crippen LogP contribution in [0.25, 0.3) is 0 Å². The molecular weight excluding hydrogens is 298 g/mol. The molecule has 1 atom stereocenters. The molecule has 116 valence electrons. The maximum absolute atomic E-state index is 11.9. The van der Waals surface area contributed by atoms with Gasteiger partial charge in [0, 0.05) is 13.0 Å². The van der Waals surface area contributed by atoms with E-state index in [1.165, 1.54) is 12.1 Å². The van der Waals surface area contributed by atoms with Crippen LogP contribution in [0.15, 0.2) is 29.2 Å². The molecule has 0 heterocycles. The molecule has 0 spiro atoms. The first-order chi connectivity index (χ1) is 9.76. The summed E-state index contributed by atoms with van der Waals surface area (Å²) in [5.41, 5.74) is 11.4. The Kier molecular flexibility index (Phi) is 5.82. The molecule has 1 unspecified atom stereocenters. The molecule has 0 radical (unpaired) electrons. The van der Waals surface area contributed by atoms with Gasteiger partial charge >= 0.3 is 5.97 Å². The van der Waals surface area contributed by atoms with E-state index in [1.807, 2.05) is 4.72 Å². The molecule has 0 aliphatic heterocycles. The Balaban J connectivity index is 2.66. The summed E-state index contributed by atoms with van der Waals surface area (Å²) in [7, 11) is -3.98. The Hall–Kier alpha value is -1.97. The maximum Gasteiger partial charge on any atom is 0.320 e. The number of hydrogen-bond acceptors (Lipinski definition) is 6. The van der Waals surface area contributed by atoms with E-state index < -0.39 is 27.9 Å². The summed E-state index contributed by atoms with van der Waals surface area (Å²) in [5.74, 6) is -2.06. The highest BCUT2D eigenvalue weighted by atomic mass is 32.2. The molecule has 0 aliphatic rings. The van der Waals surface area contributed by atoms with Crippen molar-refractivity contribution in [2.75, 3.05) is 0 Å². The van der Waals surface area contributed by atoms with E-state index in [9.17, 15) is 18.0 Å². The van der Waals surface area contributed by atoms with Crippen LogP contribution >= 0.6 is 0 Å². The van der Waals surface area contributed by atoms with E-state index in [2.05, 4.69) is 0 Å². The SMILES string of the molecule is NCc1ccc(S(=O)(=O)NC(=O)CCC(N)C(=O)O)cc1. The Morgan fingerprint density at radius 1 is 1.24 bits per heavy atom. The third-order valence-electron chi connectivity index (χ3n) is 2.72. The van der Waals surface area contributed by atoms with Crippen molar-refractivity contribution >= 4 is 21.9 Å². The molecule has 0 bridgehead atoms. The molecule has 8 nitrogen and oxygen atoms in total. The van der Waals surface area contributed by atoms with Gasteiger partial charge in [0.2, 0.25) is 5.91 Å². The van der Waals surface area contributed by atoms with Crippen LogP contribution in [0.5, 0.6) is 0 Å². The number of nitrogens with two attached hydrogens (primary N) is 2. The standard InChI is InChI=1S/C12H17N3O5S/c13-7-8-1-3-9(4-2-8)21(19,20)15-11(16)6-5-10(14)12(17)18/h1-4,10H,5-7,13-14H2,(H,15,16)(H,17,18). The number of sulfonamides is 1. The summed E-state index contributed by atoms with van der Waals surface area (Å²) in [4.78, 5) is 21.9. The van der Waals surface area contributed by atoms with E-state index in [1.54, 1.807) is 12.1 Å². The molecule has 1 amide bonds. The number of hydrogen-bond donors (Lipinski definition) is 4. The summed E-state index contributed by atoms with van der Waals surface area (Å²) in [6.07, 6.45) is -0.448. The molecule has 1 rings (SSSR count). The first kappa shape index (κ1) is 17.1. The molecule has 0 aromatic heterocycles. The molecular formula is C12H17N3O5S. The van der Waals surface area contributed by atoms with Crippen LogP contribution in [0.4, 0.5) is 0 Å². The van der Waals surface area contributed by atoms with Gasteiger partial charge in [0.25, 0.3) is 10.0 Å². The molecule has 0 saturated carbocycles. The van der Waals surface area contributed by atoms with Gasteiger partial charge < -0.3 is 16.6 Å². The Morgan fingerprint density at radius 3 is 2.29 bits per heavy atom. The van der Waals surface area contributed by atoms with Crippen LogP contribution in [0, 0.1) is 0 Å². The summed E-state index contributed by atoms with van der Waals surface area (Å²) < 4.78 is 25.7. The second-order valence-electron chi connectivity index (χ2n) is 4.36. The molecule has 9 heteroatoms. The molecule has 1 aromatic carbocycles. The number of carboxylic acids is 1. The smallest absolute Gasteiger partial charge is 0.320 e. The van der Waals surface area contributed by atoms with Crippen molar-refractivity contribution in [1.82, 2.24) is 4.72 Å². The minimum atomic E-state index is -3.98. The fourth-order valence-electron chi connectivity index (χ4n) is 1.47. The fraction of sp³-hybridized carbons (Fsp3) is 0.333. The number of carbonyl (C=O) groups is 2. The number of amides is 1. The van der Waals surface area contributed by atoms with Crippen molar-refractivity contribution in [2.45, 2.75) is 30.3 Å². The Morgan fingerprint density at radius 2 is 1.81 bits per heavy atom. The number of carbonyl (C=O) groups excluding carboxylic acids is 1. The van der Waals surface area contributed by atoms with Crippen molar-refractivity contribution in [2.24, 2.45) is 11.5 Å². The highest BCUT2D eigenvalue weighted by molar-refractivity contribution is 7.90. The second-order valence-corrected chi connectivity index (χ2v) is 6.04. The minimum Gasteiger partial charge on any atom is -0.480 e. The van der Waals surface area contributed by atoms with Crippen LogP contribution in [0.1, 0.15) is 18.4 Å². The summed E-state index contributed by atoms with van der Waals surface area (Å²) in [6, 6.07) is 4.54. The largest absolute Gasteiger partial charge is 0.480 e. The first-order valence-corrected chi connectivity index (χ1v) is 7.57. The lowest BCUT2D eigenvalue weighted by Crippen LogP contribution is -2.34. The van der Waals surface area contributed by atoms with Crippen molar-refractivity contribution < 1.29 is 23.1 Å². The predicted molar refractivity (Wildman–Crippen MR) is 74.5 cm³/mol. The highest BCUT2D eigenvalue weighted by Gasteiger charge is 2.19. The van der Waals surface area contributed by atoms with Gasteiger partial charge in [-0.05, 0) is 24.1 Å². The van der Waals surface area contributed by atoms with Gasteiger partial charge in [-0.1, -0.05) is 12.1 Å². The molecule has 6 N–H and O–H groups in total. The van der Waals surface area contributed by atoms with Gasteiger partial charge in [-0.3, -0.25) is 9.59 Å². The van der Waals surface area contributed by atoms with Crippen molar-refractivity contribution in [3.63, 3.8) is 0 Å². The zero-order valence-corrected chi connectivity index (χ0v) is 12.0. The highest BCUT2D eigenvalue weighted by Crippen LogP contribution is 2.10. The predicted octanol–water partition coefficient (Wildman–Crippen LogP) is -0.858. The topological polar surface area (TPSA) is 153 Å². The van der Waals surface area contributed by atoms with E-state index >= 15 is 0 Å². The lowest BCUT2D eigenvalue weighted by Gasteiger charge is -2.09. The number of benzene rings is 1. The average molecular weight is 315 g/mol. The Bertz CT molecular complexity index is 612. The maximum atomic E-state index is 11.9.